The minimum atomic E-state index is -0.0606. The standard InChI is InChI=1S/C16H17BrN2O2/c17-13-6-8-14(9-7-13)19-12-16(20)18-10-11-21-15-4-2-1-3-5-15/h1-9,19H,10-12H2,(H,18,20). The highest BCUT2D eigenvalue weighted by Gasteiger charge is 2.00. The fourth-order valence-corrected chi connectivity index (χ4v) is 1.95. The van der Waals surface area contributed by atoms with Gasteiger partial charge in [-0.15, -0.1) is 0 Å². The summed E-state index contributed by atoms with van der Waals surface area (Å²) in [6.07, 6.45) is 0. The van der Waals surface area contributed by atoms with Crippen LogP contribution in [0.15, 0.2) is 59.1 Å². The molecule has 2 rings (SSSR count). The molecule has 0 fully saturated rings. The summed E-state index contributed by atoms with van der Waals surface area (Å²) in [7, 11) is 0. The van der Waals surface area contributed by atoms with Gasteiger partial charge in [0.2, 0.25) is 5.91 Å². The van der Waals surface area contributed by atoms with Gasteiger partial charge in [0.25, 0.3) is 0 Å². The van der Waals surface area contributed by atoms with Crippen molar-refractivity contribution >= 4 is 27.5 Å². The summed E-state index contributed by atoms with van der Waals surface area (Å²) in [4.78, 5) is 11.7. The van der Waals surface area contributed by atoms with E-state index in [-0.39, 0.29) is 12.5 Å². The second-order valence-corrected chi connectivity index (χ2v) is 5.29. The van der Waals surface area contributed by atoms with E-state index in [2.05, 4.69) is 26.6 Å². The van der Waals surface area contributed by atoms with Crippen molar-refractivity contribution in [1.82, 2.24) is 5.32 Å². The molecule has 0 bridgehead atoms. The summed E-state index contributed by atoms with van der Waals surface area (Å²) in [5.74, 6) is 0.745. The van der Waals surface area contributed by atoms with Crippen LogP contribution >= 0.6 is 15.9 Å². The van der Waals surface area contributed by atoms with Gasteiger partial charge in [-0.1, -0.05) is 34.1 Å². The van der Waals surface area contributed by atoms with Crippen LogP contribution in [0.4, 0.5) is 5.69 Å². The van der Waals surface area contributed by atoms with E-state index in [9.17, 15) is 4.79 Å². The molecule has 0 aliphatic heterocycles. The summed E-state index contributed by atoms with van der Waals surface area (Å²) in [6.45, 7) is 1.18. The van der Waals surface area contributed by atoms with E-state index in [1.807, 2.05) is 54.6 Å². The Balaban J connectivity index is 1.60. The normalized spacial score (nSPS) is 9.95. The molecule has 2 aromatic rings. The lowest BCUT2D eigenvalue weighted by Gasteiger charge is -2.09. The van der Waals surface area contributed by atoms with E-state index in [4.69, 9.17) is 4.74 Å². The van der Waals surface area contributed by atoms with E-state index >= 15 is 0 Å². The van der Waals surface area contributed by atoms with Crippen LogP contribution in [0.5, 0.6) is 5.75 Å². The van der Waals surface area contributed by atoms with Gasteiger partial charge in [0.1, 0.15) is 12.4 Å². The van der Waals surface area contributed by atoms with Crippen LogP contribution in [0.1, 0.15) is 0 Å². The van der Waals surface area contributed by atoms with Crippen LogP contribution < -0.4 is 15.4 Å². The maximum Gasteiger partial charge on any atom is 0.239 e. The van der Waals surface area contributed by atoms with Crippen LogP contribution in [0, 0.1) is 0 Å². The monoisotopic (exact) mass is 348 g/mol. The molecule has 0 saturated carbocycles. The second kappa shape index (κ2) is 8.32. The summed E-state index contributed by atoms with van der Waals surface area (Å²) < 4.78 is 6.50. The molecule has 0 aliphatic carbocycles. The fourth-order valence-electron chi connectivity index (χ4n) is 1.69. The van der Waals surface area contributed by atoms with Crippen LogP contribution in [0.3, 0.4) is 0 Å². The van der Waals surface area contributed by atoms with Crippen LogP contribution in [-0.4, -0.2) is 25.6 Å². The first-order valence-corrected chi connectivity index (χ1v) is 7.47. The zero-order valence-corrected chi connectivity index (χ0v) is 13.1. The van der Waals surface area contributed by atoms with Gasteiger partial charge in [-0.05, 0) is 36.4 Å². The summed E-state index contributed by atoms with van der Waals surface area (Å²) in [6, 6.07) is 17.2. The van der Waals surface area contributed by atoms with Gasteiger partial charge in [0.15, 0.2) is 0 Å². The molecule has 0 spiro atoms. The van der Waals surface area contributed by atoms with Gasteiger partial charge in [-0.3, -0.25) is 4.79 Å². The molecule has 0 atom stereocenters. The van der Waals surface area contributed by atoms with Crippen molar-refractivity contribution in [2.75, 3.05) is 25.0 Å². The number of hydrogen-bond acceptors (Lipinski definition) is 3. The molecule has 0 heterocycles. The van der Waals surface area contributed by atoms with Crippen LogP contribution in [-0.2, 0) is 4.79 Å². The third-order valence-electron chi connectivity index (χ3n) is 2.73. The minimum absolute atomic E-state index is 0.0606. The Labute approximate surface area is 132 Å². The zero-order valence-electron chi connectivity index (χ0n) is 11.5. The number of hydrogen-bond donors (Lipinski definition) is 2. The number of carbonyl (C=O) groups excluding carboxylic acids is 1. The highest BCUT2D eigenvalue weighted by atomic mass is 79.9. The van der Waals surface area contributed by atoms with Gasteiger partial charge in [0, 0.05) is 10.2 Å². The number of nitrogens with one attached hydrogen (secondary N) is 2. The van der Waals surface area contributed by atoms with E-state index < -0.39 is 0 Å². The number of para-hydroxylation sites is 1. The van der Waals surface area contributed by atoms with E-state index in [0.717, 1.165) is 15.9 Å². The number of ether oxygens (including phenoxy) is 1. The molecular weight excluding hydrogens is 332 g/mol. The smallest absolute Gasteiger partial charge is 0.239 e. The Hall–Kier alpha value is -2.01. The number of carbonyl (C=O) groups is 1. The highest BCUT2D eigenvalue weighted by Crippen LogP contribution is 2.13. The van der Waals surface area contributed by atoms with Crippen LogP contribution in [0.2, 0.25) is 0 Å². The SMILES string of the molecule is O=C(CNc1ccc(Br)cc1)NCCOc1ccccc1. The predicted octanol–water partition coefficient (Wildman–Crippen LogP) is 3.06. The van der Waals surface area contributed by atoms with Crippen molar-refractivity contribution in [3.8, 4) is 5.75 Å². The highest BCUT2D eigenvalue weighted by molar-refractivity contribution is 9.10. The summed E-state index contributed by atoms with van der Waals surface area (Å²) in [5, 5.41) is 5.86. The molecule has 110 valence electrons. The van der Waals surface area contributed by atoms with Gasteiger partial charge in [0.05, 0.1) is 13.1 Å². The lowest BCUT2D eigenvalue weighted by Crippen LogP contribution is -2.32. The Morgan fingerprint density at radius 1 is 1.05 bits per heavy atom. The topological polar surface area (TPSA) is 50.4 Å². The Bertz CT molecular complexity index is 558. The lowest BCUT2D eigenvalue weighted by atomic mass is 10.3. The molecule has 0 radical (unpaired) electrons. The Kier molecular flexibility index (Phi) is 6.09. The molecule has 0 aliphatic rings. The van der Waals surface area contributed by atoms with Crippen molar-refractivity contribution in [2.24, 2.45) is 0 Å². The van der Waals surface area contributed by atoms with Crippen LogP contribution in [0.25, 0.3) is 0 Å². The average molecular weight is 349 g/mol. The molecule has 5 heteroatoms. The number of benzene rings is 2. The average Bonchev–Trinajstić information content (AvgIpc) is 2.52. The third-order valence-corrected chi connectivity index (χ3v) is 3.26. The van der Waals surface area contributed by atoms with E-state index in [1.54, 1.807) is 0 Å². The van der Waals surface area contributed by atoms with Crippen molar-refractivity contribution in [3.05, 3.63) is 59.1 Å². The van der Waals surface area contributed by atoms with Crippen molar-refractivity contribution in [2.45, 2.75) is 0 Å². The molecule has 1 amide bonds. The number of rotatable bonds is 7. The molecule has 2 N–H and O–H groups in total. The molecule has 21 heavy (non-hydrogen) atoms. The molecule has 0 aromatic heterocycles. The quantitative estimate of drug-likeness (QED) is 0.756. The van der Waals surface area contributed by atoms with Gasteiger partial charge >= 0.3 is 0 Å². The first-order valence-electron chi connectivity index (χ1n) is 6.68. The number of anilines is 1. The second-order valence-electron chi connectivity index (χ2n) is 4.37. The molecular formula is C16H17BrN2O2. The fraction of sp³-hybridized carbons (Fsp3) is 0.188. The van der Waals surface area contributed by atoms with E-state index in [1.165, 1.54) is 0 Å². The van der Waals surface area contributed by atoms with Gasteiger partial charge in [-0.25, -0.2) is 0 Å². The van der Waals surface area contributed by atoms with E-state index in [0.29, 0.717) is 13.2 Å². The minimum Gasteiger partial charge on any atom is -0.492 e. The first-order chi connectivity index (χ1) is 10.2. The number of halogens is 1. The number of amides is 1. The summed E-state index contributed by atoms with van der Waals surface area (Å²) in [5.41, 5.74) is 0.911. The Morgan fingerprint density at radius 3 is 2.48 bits per heavy atom. The lowest BCUT2D eigenvalue weighted by molar-refractivity contribution is -0.119. The third kappa shape index (κ3) is 5.87. The summed E-state index contributed by atoms with van der Waals surface area (Å²) >= 11 is 3.37. The van der Waals surface area contributed by atoms with Crippen molar-refractivity contribution in [3.63, 3.8) is 0 Å². The largest absolute Gasteiger partial charge is 0.492 e. The van der Waals surface area contributed by atoms with Crippen molar-refractivity contribution in [1.29, 1.82) is 0 Å². The zero-order chi connectivity index (χ0) is 14.9. The maximum absolute atomic E-state index is 11.7. The molecule has 0 saturated heterocycles. The van der Waals surface area contributed by atoms with Gasteiger partial charge < -0.3 is 15.4 Å². The predicted molar refractivity (Wildman–Crippen MR) is 87.6 cm³/mol. The van der Waals surface area contributed by atoms with Gasteiger partial charge in [-0.2, -0.15) is 0 Å². The first kappa shape index (κ1) is 15.4. The van der Waals surface area contributed by atoms with Crippen molar-refractivity contribution < 1.29 is 9.53 Å². The molecule has 0 unspecified atom stereocenters. The molecule has 4 nitrogen and oxygen atoms in total. The Morgan fingerprint density at radius 2 is 1.76 bits per heavy atom. The molecule has 2 aromatic carbocycles. The maximum atomic E-state index is 11.7.